The Hall–Kier alpha value is -2.44. The fourth-order valence-corrected chi connectivity index (χ4v) is 2.89. The summed E-state index contributed by atoms with van der Waals surface area (Å²) < 4.78 is 2.85. The molecular formula is C19H29N5O2. The van der Waals surface area contributed by atoms with Crippen LogP contribution in [0.4, 0.5) is 0 Å². The van der Waals surface area contributed by atoms with Crippen molar-refractivity contribution < 1.29 is 4.79 Å². The maximum atomic E-state index is 12.3. The molecular weight excluding hydrogens is 330 g/mol. The summed E-state index contributed by atoms with van der Waals surface area (Å²) >= 11 is 0. The predicted molar refractivity (Wildman–Crippen MR) is 101 cm³/mol. The minimum atomic E-state index is -0.308. The zero-order valence-corrected chi connectivity index (χ0v) is 16.3. The lowest BCUT2D eigenvalue weighted by atomic mass is 10.0. The van der Waals surface area contributed by atoms with E-state index < -0.39 is 0 Å². The minimum Gasteiger partial charge on any atom is -0.352 e. The van der Waals surface area contributed by atoms with Crippen LogP contribution in [0.5, 0.6) is 0 Å². The number of amides is 1. The molecule has 142 valence electrons. The third-order valence-corrected chi connectivity index (χ3v) is 4.20. The van der Waals surface area contributed by atoms with Gasteiger partial charge >= 0.3 is 0 Å². The van der Waals surface area contributed by atoms with E-state index in [-0.39, 0.29) is 24.1 Å². The maximum Gasteiger partial charge on any atom is 0.267 e. The molecule has 7 nitrogen and oxygen atoms in total. The summed E-state index contributed by atoms with van der Waals surface area (Å²) in [5.74, 6) is 0.980. The Kier molecular flexibility index (Phi) is 6.71. The summed E-state index contributed by atoms with van der Waals surface area (Å²) in [6, 6.07) is 5.04. The number of aryl methyl sites for hydroxylation is 2. The molecule has 0 fully saturated rings. The van der Waals surface area contributed by atoms with E-state index in [0.29, 0.717) is 11.7 Å². The molecule has 0 spiro atoms. The Bertz CT molecular complexity index is 807. The SMILES string of the molecule is Cc1cc(C)n(-c2ccc(=O)n(CC(=O)N[C@H](C)CCCC(C)C)n2)n1. The third-order valence-electron chi connectivity index (χ3n) is 4.20. The van der Waals surface area contributed by atoms with Gasteiger partial charge in [0.15, 0.2) is 5.82 Å². The number of nitrogens with one attached hydrogen (secondary N) is 1. The van der Waals surface area contributed by atoms with Crippen molar-refractivity contribution in [3.05, 3.63) is 39.9 Å². The highest BCUT2D eigenvalue weighted by Gasteiger charge is 2.12. The third kappa shape index (κ3) is 5.54. The van der Waals surface area contributed by atoms with Crippen molar-refractivity contribution in [3.8, 4) is 5.82 Å². The van der Waals surface area contributed by atoms with Crippen LogP contribution in [-0.4, -0.2) is 31.5 Å². The van der Waals surface area contributed by atoms with Gasteiger partial charge in [0.05, 0.1) is 5.69 Å². The Morgan fingerprint density at radius 2 is 1.88 bits per heavy atom. The molecule has 0 aliphatic rings. The van der Waals surface area contributed by atoms with E-state index in [1.54, 1.807) is 10.7 Å². The minimum absolute atomic E-state index is 0.0798. The second-order valence-corrected chi connectivity index (χ2v) is 7.32. The number of carbonyl (C=O) groups is 1. The first-order chi connectivity index (χ1) is 12.3. The quantitative estimate of drug-likeness (QED) is 0.784. The Balaban J connectivity index is 2.02. The molecule has 0 aliphatic heterocycles. The molecule has 0 aromatic carbocycles. The van der Waals surface area contributed by atoms with Gasteiger partial charge < -0.3 is 5.32 Å². The van der Waals surface area contributed by atoms with Gasteiger partial charge in [0.1, 0.15) is 6.54 Å². The lowest BCUT2D eigenvalue weighted by Gasteiger charge is -2.15. The Morgan fingerprint density at radius 3 is 2.50 bits per heavy atom. The highest BCUT2D eigenvalue weighted by Crippen LogP contribution is 2.09. The molecule has 0 saturated heterocycles. The van der Waals surface area contributed by atoms with E-state index in [2.05, 4.69) is 29.4 Å². The first-order valence-corrected chi connectivity index (χ1v) is 9.17. The molecule has 2 rings (SSSR count). The predicted octanol–water partition coefficient (Wildman–Crippen LogP) is 2.38. The first-order valence-electron chi connectivity index (χ1n) is 9.17. The Labute approximate surface area is 154 Å². The van der Waals surface area contributed by atoms with Crippen LogP contribution >= 0.6 is 0 Å². The molecule has 7 heteroatoms. The summed E-state index contributed by atoms with van der Waals surface area (Å²) in [6.45, 7) is 10.1. The monoisotopic (exact) mass is 359 g/mol. The topological polar surface area (TPSA) is 81.8 Å². The van der Waals surface area contributed by atoms with E-state index >= 15 is 0 Å². The van der Waals surface area contributed by atoms with Gasteiger partial charge in [-0.1, -0.05) is 26.7 Å². The van der Waals surface area contributed by atoms with Crippen LogP contribution in [0.3, 0.4) is 0 Å². The first kappa shape index (κ1) is 19.9. The molecule has 0 bridgehead atoms. The largest absolute Gasteiger partial charge is 0.352 e. The van der Waals surface area contributed by atoms with Gasteiger partial charge in [-0.25, -0.2) is 9.36 Å². The van der Waals surface area contributed by atoms with E-state index in [1.165, 1.54) is 10.7 Å². The van der Waals surface area contributed by atoms with E-state index in [0.717, 1.165) is 30.7 Å². The van der Waals surface area contributed by atoms with Crippen LogP contribution in [0.1, 0.15) is 51.4 Å². The van der Waals surface area contributed by atoms with Crippen molar-refractivity contribution in [1.82, 2.24) is 24.9 Å². The molecule has 2 aromatic heterocycles. The van der Waals surface area contributed by atoms with E-state index in [9.17, 15) is 9.59 Å². The number of nitrogens with zero attached hydrogens (tertiary/aromatic N) is 4. The van der Waals surface area contributed by atoms with Crippen molar-refractivity contribution in [3.63, 3.8) is 0 Å². The van der Waals surface area contributed by atoms with Crippen LogP contribution in [-0.2, 0) is 11.3 Å². The fourth-order valence-electron chi connectivity index (χ4n) is 2.89. The molecule has 0 saturated carbocycles. The van der Waals surface area contributed by atoms with Crippen molar-refractivity contribution in [2.75, 3.05) is 0 Å². The summed E-state index contributed by atoms with van der Waals surface area (Å²) in [5.41, 5.74) is 1.48. The fraction of sp³-hybridized carbons (Fsp3) is 0.579. The van der Waals surface area contributed by atoms with Gasteiger partial charge in [-0.15, -0.1) is 5.10 Å². The highest BCUT2D eigenvalue weighted by atomic mass is 16.2. The molecule has 2 aromatic rings. The van der Waals surface area contributed by atoms with Crippen LogP contribution < -0.4 is 10.9 Å². The number of aromatic nitrogens is 4. The lowest BCUT2D eigenvalue weighted by molar-refractivity contribution is -0.122. The van der Waals surface area contributed by atoms with Crippen molar-refractivity contribution in [2.45, 2.75) is 66.5 Å². The average Bonchev–Trinajstić information content (AvgIpc) is 2.87. The molecule has 0 aliphatic carbocycles. The zero-order valence-electron chi connectivity index (χ0n) is 16.3. The standard InChI is InChI=1S/C19H29N5O2/c1-13(2)7-6-8-14(3)20-18(25)12-23-19(26)10-9-17(22-23)24-16(5)11-15(4)21-24/h9-11,13-14H,6-8,12H2,1-5H3,(H,20,25)/t14-/m1/s1. The summed E-state index contributed by atoms with van der Waals surface area (Å²) in [5, 5.41) is 11.6. The molecule has 1 atom stereocenters. The van der Waals surface area contributed by atoms with Gasteiger partial charge in [0, 0.05) is 17.8 Å². The van der Waals surface area contributed by atoms with Crippen LogP contribution in [0.15, 0.2) is 23.0 Å². The highest BCUT2D eigenvalue weighted by molar-refractivity contribution is 5.75. The van der Waals surface area contributed by atoms with Gasteiger partial charge in [-0.05, 0) is 45.2 Å². The van der Waals surface area contributed by atoms with Crippen molar-refractivity contribution >= 4 is 5.91 Å². The number of hydrogen-bond acceptors (Lipinski definition) is 4. The molecule has 0 unspecified atom stereocenters. The molecule has 1 amide bonds. The van der Waals surface area contributed by atoms with Gasteiger partial charge in [-0.2, -0.15) is 5.10 Å². The Morgan fingerprint density at radius 1 is 1.15 bits per heavy atom. The molecule has 2 heterocycles. The van der Waals surface area contributed by atoms with E-state index in [4.69, 9.17) is 0 Å². The average molecular weight is 359 g/mol. The normalized spacial score (nSPS) is 12.4. The summed E-state index contributed by atoms with van der Waals surface area (Å²) in [4.78, 5) is 24.3. The van der Waals surface area contributed by atoms with Gasteiger partial charge in [0.2, 0.25) is 5.91 Å². The second-order valence-electron chi connectivity index (χ2n) is 7.32. The molecule has 0 radical (unpaired) electrons. The number of carbonyl (C=O) groups excluding carboxylic acids is 1. The number of hydrogen-bond donors (Lipinski definition) is 1. The zero-order chi connectivity index (χ0) is 19.3. The molecule has 26 heavy (non-hydrogen) atoms. The smallest absolute Gasteiger partial charge is 0.267 e. The number of rotatable bonds is 8. The van der Waals surface area contributed by atoms with Gasteiger partial charge in [-0.3, -0.25) is 9.59 Å². The second kappa shape index (κ2) is 8.78. The van der Waals surface area contributed by atoms with Crippen molar-refractivity contribution in [2.24, 2.45) is 5.92 Å². The van der Waals surface area contributed by atoms with Gasteiger partial charge in [0.25, 0.3) is 5.56 Å². The lowest BCUT2D eigenvalue weighted by Crippen LogP contribution is -2.38. The maximum absolute atomic E-state index is 12.3. The van der Waals surface area contributed by atoms with Crippen molar-refractivity contribution in [1.29, 1.82) is 0 Å². The summed E-state index contributed by atoms with van der Waals surface area (Å²) in [7, 11) is 0. The van der Waals surface area contributed by atoms with E-state index in [1.807, 2.05) is 26.8 Å². The van der Waals surface area contributed by atoms with Crippen LogP contribution in [0, 0.1) is 19.8 Å². The van der Waals surface area contributed by atoms with Crippen LogP contribution in [0.2, 0.25) is 0 Å². The van der Waals surface area contributed by atoms with Crippen LogP contribution in [0.25, 0.3) is 5.82 Å². The summed E-state index contributed by atoms with van der Waals surface area (Å²) in [6.07, 6.45) is 3.15. The molecule has 1 N–H and O–H groups in total.